The Balaban J connectivity index is 1.44. The Kier molecular flexibility index (Phi) is 9.84. The summed E-state index contributed by atoms with van der Waals surface area (Å²) in [6.45, 7) is 11.2. The molecular formula is C34H45N5O10S. The highest BCUT2D eigenvalue weighted by Gasteiger charge is 2.62. The minimum absolute atomic E-state index is 0.0619. The van der Waals surface area contributed by atoms with Crippen LogP contribution in [-0.2, 0) is 29.1 Å². The Hall–Kier alpha value is -4.44. The highest BCUT2D eigenvalue weighted by molar-refractivity contribution is 7.91. The Labute approximate surface area is 291 Å². The van der Waals surface area contributed by atoms with Gasteiger partial charge in [0.25, 0.3) is 5.91 Å². The SMILES string of the molecule is C=C[C@@H]1C[C@]1(NC(=O)[C@@H]1CC(Oc2nccc3cc(OC)ccc23)CN1C(=O)[C@@H](NC(=O)OC(C)(C)C)C(C)(C)O)C(=O)NS(=O)(=O)C1CC1. The van der Waals surface area contributed by atoms with Crippen molar-refractivity contribution >= 4 is 44.6 Å². The van der Waals surface area contributed by atoms with Crippen LogP contribution in [-0.4, -0.2) is 101 Å². The van der Waals surface area contributed by atoms with Gasteiger partial charge < -0.3 is 34.9 Å². The second-order valence-electron chi connectivity index (χ2n) is 14.6. The maximum absolute atomic E-state index is 14.3. The number of nitrogens with zero attached hydrogens (tertiary/aromatic N) is 2. The Morgan fingerprint density at radius 2 is 1.84 bits per heavy atom. The molecule has 1 aromatic carbocycles. The third-order valence-electron chi connectivity index (χ3n) is 8.93. The number of hydrogen-bond acceptors (Lipinski definition) is 11. The van der Waals surface area contributed by atoms with Gasteiger partial charge in [0.15, 0.2) is 0 Å². The van der Waals surface area contributed by atoms with Gasteiger partial charge in [-0.25, -0.2) is 18.2 Å². The molecule has 2 aromatic rings. The lowest BCUT2D eigenvalue weighted by molar-refractivity contribution is -0.145. The maximum atomic E-state index is 14.3. The van der Waals surface area contributed by atoms with E-state index in [0.717, 1.165) is 5.39 Å². The zero-order valence-electron chi connectivity index (χ0n) is 29.0. The number of carbonyl (C=O) groups excluding carboxylic acids is 4. The molecule has 2 saturated carbocycles. The lowest BCUT2D eigenvalue weighted by atomic mass is 9.97. The number of rotatable bonds is 12. The summed E-state index contributed by atoms with van der Waals surface area (Å²) >= 11 is 0. The summed E-state index contributed by atoms with van der Waals surface area (Å²) in [4.78, 5) is 60.1. The van der Waals surface area contributed by atoms with Crippen LogP contribution < -0.4 is 24.8 Å². The normalized spacial score (nSPS) is 24.1. The topological polar surface area (TPSA) is 203 Å². The molecular weight excluding hydrogens is 670 g/mol. The number of alkyl carbamates (subject to hydrolysis) is 1. The van der Waals surface area contributed by atoms with E-state index in [9.17, 15) is 32.7 Å². The van der Waals surface area contributed by atoms with Crippen LogP contribution in [0.1, 0.15) is 60.3 Å². The highest BCUT2D eigenvalue weighted by Crippen LogP contribution is 2.45. The maximum Gasteiger partial charge on any atom is 0.408 e. The minimum Gasteiger partial charge on any atom is -0.497 e. The zero-order chi connectivity index (χ0) is 36.8. The monoisotopic (exact) mass is 715 g/mol. The third kappa shape index (κ3) is 7.96. The quantitative estimate of drug-likeness (QED) is 0.234. The first-order valence-electron chi connectivity index (χ1n) is 16.4. The standard InChI is InChI=1S/C34H45N5O10S/c1-8-20-17-34(20,30(42)38-50(45,46)23-10-11-23)37-27(40)25-16-22(48-28-24-12-9-21(47-7)15-19(24)13-14-35-28)18-39(25)29(41)26(33(5,6)44)36-31(43)49-32(2,3)4/h8-9,12-15,20,22-23,25-26,44H,1,10-11,16-18H2,2-7H3,(H,36,43)(H,37,40)(H,38,42)/t20-,22?,25+,26-,34-/m1/s1. The van der Waals surface area contributed by atoms with E-state index in [1.807, 2.05) is 0 Å². The summed E-state index contributed by atoms with van der Waals surface area (Å²) in [6.07, 6.45) is 2.17. The number of hydrogen-bond donors (Lipinski definition) is 4. The largest absolute Gasteiger partial charge is 0.497 e. The molecule has 1 saturated heterocycles. The number of nitrogens with one attached hydrogen (secondary N) is 3. The van der Waals surface area contributed by atoms with Crippen LogP contribution in [0.15, 0.2) is 43.1 Å². The number of benzene rings is 1. The van der Waals surface area contributed by atoms with Crippen molar-refractivity contribution in [2.75, 3.05) is 13.7 Å². The van der Waals surface area contributed by atoms with Crippen LogP contribution in [0.4, 0.5) is 4.79 Å². The van der Waals surface area contributed by atoms with Crippen molar-refractivity contribution in [2.45, 2.75) is 100 Å². The number of ether oxygens (including phenoxy) is 3. The van der Waals surface area contributed by atoms with Crippen LogP contribution in [0.25, 0.3) is 10.8 Å². The van der Waals surface area contributed by atoms with E-state index in [1.54, 1.807) is 58.3 Å². The molecule has 5 rings (SSSR count). The number of sulfonamides is 1. The van der Waals surface area contributed by atoms with Crippen LogP contribution in [0.2, 0.25) is 0 Å². The zero-order valence-corrected chi connectivity index (χ0v) is 29.8. The molecule has 1 unspecified atom stereocenters. The lowest BCUT2D eigenvalue weighted by Crippen LogP contribution is -2.62. The van der Waals surface area contributed by atoms with Crippen molar-refractivity contribution in [3.05, 3.63) is 43.1 Å². The molecule has 50 heavy (non-hydrogen) atoms. The Morgan fingerprint density at radius 1 is 1.14 bits per heavy atom. The van der Waals surface area contributed by atoms with E-state index in [0.29, 0.717) is 24.0 Å². The van der Waals surface area contributed by atoms with Gasteiger partial charge >= 0.3 is 6.09 Å². The van der Waals surface area contributed by atoms with E-state index in [2.05, 4.69) is 26.9 Å². The van der Waals surface area contributed by atoms with Gasteiger partial charge in [-0.15, -0.1) is 6.58 Å². The molecule has 1 aromatic heterocycles. The van der Waals surface area contributed by atoms with E-state index in [-0.39, 0.29) is 25.3 Å². The van der Waals surface area contributed by atoms with Crippen LogP contribution in [0.5, 0.6) is 11.6 Å². The molecule has 3 fully saturated rings. The molecule has 272 valence electrons. The van der Waals surface area contributed by atoms with Gasteiger partial charge in [-0.1, -0.05) is 6.08 Å². The van der Waals surface area contributed by atoms with Crippen molar-refractivity contribution in [3.63, 3.8) is 0 Å². The van der Waals surface area contributed by atoms with Gasteiger partial charge in [-0.2, -0.15) is 0 Å². The number of aliphatic hydroxyl groups is 1. The van der Waals surface area contributed by atoms with Crippen molar-refractivity contribution < 1.29 is 46.9 Å². The molecule has 0 radical (unpaired) electrons. The smallest absolute Gasteiger partial charge is 0.408 e. The molecule has 4 amide bonds. The minimum atomic E-state index is -3.92. The van der Waals surface area contributed by atoms with Crippen LogP contribution >= 0.6 is 0 Å². The second-order valence-corrected chi connectivity index (χ2v) is 16.6. The molecule has 0 spiro atoms. The van der Waals surface area contributed by atoms with Gasteiger partial charge in [0.05, 0.1) is 24.5 Å². The predicted molar refractivity (Wildman–Crippen MR) is 182 cm³/mol. The summed E-state index contributed by atoms with van der Waals surface area (Å²) in [5, 5.41) is 17.0. The van der Waals surface area contributed by atoms with Crippen LogP contribution in [0.3, 0.4) is 0 Å². The summed E-state index contributed by atoms with van der Waals surface area (Å²) in [6, 6.07) is 4.28. The fraction of sp³-hybridized carbons (Fsp3) is 0.559. The average molecular weight is 716 g/mol. The first-order chi connectivity index (χ1) is 23.3. The number of carbonyl (C=O) groups is 4. The summed E-state index contributed by atoms with van der Waals surface area (Å²) in [5.41, 5.74) is -4.32. The Morgan fingerprint density at radius 3 is 2.42 bits per heavy atom. The molecule has 2 aliphatic carbocycles. The first-order valence-corrected chi connectivity index (χ1v) is 17.9. The van der Waals surface area contributed by atoms with Gasteiger partial charge in [0.2, 0.25) is 27.7 Å². The molecule has 2 heterocycles. The van der Waals surface area contributed by atoms with Gasteiger partial charge in [-0.3, -0.25) is 19.1 Å². The van der Waals surface area contributed by atoms with Crippen molar-refractivity contribution in [1.29, 1.82) is 0 Å². The molecule has 16 heteroatoms. The fourth-order valence-electron chi connectivity index (χ4n) is 6.03. The lowest BCUT2D eigenvalue weighted by Gasteiger charge is -2.35. The molecule has 5 atom stereocenters. The molecule has 0 bridgehead atoms. The number of fused-ring (bicyclic) bond motifs is 1. The van der Waals surface area contributed by atoms with E-state index in [4.69, 9.17) is 14.2 Å². The number of pyridine rings is 1. The number of methoxy groups -OCH3 is 1. The number of amides is 4. The molecule has 1 aliphatic heterocycles. The van der Waals surface area contributed by atoms with Crippen molar-refractivity contribution in [2.24, 2.45) is 5.92 Å². The van der Waals surface area contributed by atoms with E-state index >= 15 is 0 Å². The van der Waals surface area contributed by atoms with Gasteiger partial charge in [-0.05, 0) is 83.5 Å². The average Bonchev–Trinajstić information content (AvgIpc) is 3.95. The van der Waals surface area contributed by atoms with Gasteiger partial charge in [0, 0.05) is 23.9 Å². The van der Waals surface area contributed by atoms with Gasteiger partial charge in [0.1, 0.15) is 35.1 Å². The fourth-order valence-corrected chi connectivity index (χ4v) is 7.40. The predicted octanol–water partition coefficient (Wildman–Crippen LogP) is 1.93. The number of likely N-dealkylation sites (tertiary alicyclic amines) is 1. The summed E-state index contributed by atoms with van der Waals surface area (Å²) in [5.74, 6) is -2.15. The van der Waals surface area contributed by atoms with Crippen molar-refractivity contribution in [1.82, 2.24) is 25.2 Å². The van der Waals surface area contributed by atoms with E-state index < -0.39 is 79.9 Å². The first kappa shape index (κ1) is 36.8. The molecule has 4 N–H and O–H groups in total. The summed E-state index contributed by atoms with van der Waals surface area (Å²) < 4.78 is 44.3. The van der Waals surface area contributed by atoms with E-state index in [1.165, 1.54) is 24.8 Å². The summed E-state index contributed by atoms with van der Waals surface area (Å²) in [7, 11) is -2.37. The Bertz CT molecular complexity index is 1800. The molecule has 3 aliphatic rings. The van der Waals surface area contributed by atoms with Crippen LogP contribution in [0, 0.1) is 5.92 Å². The second kappa shape index (κ2) is 13.4. The number of aromatic nitrogens is 1. The molecule has 15 nitrogen and oxygen atoms in total. The van der Waals surface area contributed by atoms with Crippen molar-refractivity contribution in [3.8, 4) is 11.6 Å². The third-order valence-corrected chi connectivity index (χ3v) is 10.7. The highest BCUT2D eigenvalue weighted by atomic mass is 32.2.